The maximum atomic E-state index is 11.6. The summed E-state index contributed by atoms with van der Waals surface area (Å²) in [4.78, 5) is 11.6. The van der Waals surface area contributed by atoms with E-state index in [4.69, 9.17) is 21.4 Å². The number of nitrogens with one attached hydrogen (secondary N) is 1. The smallest absolute Gasteiger partial charge is 0.258 e. The van der Waals surface area contributed by atoms with Gasteiger partial charge in [0.2, 0.25) is 0 Å². The van der Waals surface area contributed by atoms with Crippen LogP contribution in [0.25, 0.3) is 0 Å². The third kappa shape index (κ3) is 3.37. The van der Waals surface area contributed by atoms with Crippen molar-refractivity contribution in [2.45, 2.75) is 18.4 Å². The summed E-state index contributed by atoms with van der Waals surface area (Å²) < 4.78 is 6.07. The van der Waals surface area contributed by atoms with E-state index in [9.17, 15) is 4.79 Å². The Labute approximate surface area is 118 Å². The van der Waals surface area contributed by atoms with E-state index in [0.29, 0.717) is 15.2 Å². The molecule has 0 aromatic heterocycles. The lowest BCUT2D eigenvalue weighted by molar-refractivity contribution is -0.124. The first-order valence-corrected chi connectivity index (χ1v) is 6.71. The summed E-state index contributed by atoms with van der Waals surface area (Å²) in [6.45, 7) is -0.106. The van der Waals surface area contributed by atoms with Crippen LogP contribution in [-0.2, 0) is 4.79 Å². The molecule has 0 atom stereocenters. The van der Waals surface area contributed by atoms with Gasteiger partial charge in [0.05, 0.1) is 16.6 Å². The first kappa shape index (κ1) is 13.6. The second kappa shape index (κ2) is 5.47. The number of amides is 1. The van der Waals surface area contributed by atoms with Crippen molar-refractivity contribution in [3.63, 3.8) is 0 Å². The molecule has 0 unspecified atom stereocenters. The summed E-state index contributed by atoms with van der Waals surface area (Å²) in [5.41, 5.74) is -0.405. The number of carbonyl (C=O) groups excluding carboxylic acids is 1. The summed E-state index contributed by atoms with van der Waals surface area (Å²) in [6.07, 6.45) is 1.64. The molecule has 0 saturated heterocycles. The van der Waals surface area contributed by atoms with Gasteiger partial charge in [0.1, 0.15) is 5.75 Å². The van der Waals surface area contributed by atoms with E-state index < -0.39 is 5.54 Å². The minimum atomic E-state index is -0.405. The summed E-state index contributed by atoms with van der Waals surface area (Å²) in [7, 11) is 0. The maximum absolute atomic E-state index is 11.6. The molecule has 1 amide bonds. The molecule has 1 aliphatic rings. The fourth-order valence-corrected chi connectivity index (χ4v) is 2.34. The molecule has 0 aliphatic heterocycles. The highest BCUT2D eigenvalue weighted by Gasteiger charge is 2.43. The zero-order valence-electron chi connectivity index (χ0n) is 9.58. The molecule has 1 fully saturated rings. The number of carbonyl (C=O) groups is 1. The molecule has 0 bridgehead atoms. The van der Waals surface area contributed by atoms with Gasteiger partial charge in [0, 0.05) is 5.02 Å². The molecule has 2 N–H and O–H groups in total. The molecular formula is C12H13BrClNO3. The van der Waals surface area contributed by atoms with Crippen molar-refractivity contribution < 1.29 is 14.6 Å². The van der Waals surface area contributed by atoms with E-state index in [-0.39, 0.29) is 19.1 Å². The van der Waals surface area contributed by atoms with Gasteiger partial charge in [-0.2, -0.15) is 0 Å². The van der Waals surface area contributed by atoms with Gasteiger partial charge in [-0.15, -0.1) is 0 Å². The average molecular weight is 335 g/mol. The van der Waals surface area contributed by atoms with Crippen LogP contribution < -0.4 is 10.1 Å². The Morgan fingerprint density at radius 1 is 1.56 bits per heavy atom. The van der Waals surface area contributed by atoms with Crippen LogP contribution in [0.4, 0.5) is 0 Å². The lowest BCUT2D eigenvalue weighted by atomic mass is 10.3. The van der Waals surface area contributed by atoms with Gasteiger partial charge in [-0.25, -0.2) is 0 Å². The zero-order chi connectivity index (χ0) is 13.2. The van der Waals surface area contributed by atoms with Crippen LogP contribution in [-0.4, -0.2) is 29.8 Å². The fourth-order valence-electron chi connectivity index (χ4n) is 1.54. The van der Waals surface area contributed by atoms with Crippen molar-refractivity contribution >= 4 is 33.4 Å². The third-order valence-electron chi connectivity index (χ3n) is 2.81. The lowest BCUT2D eigenvalue weighted by Gasteiger charge is -2.15. The number of aliphatic hydroxyl groups excluding tert-OH is 1. The molecule has 2 rings (SSSR count). The number of hydrogen-bond acceptors (Lipinski definition) is 3. The Kier molecular flexibility index (Phi) is 4.14. The quantitative estimate of drug-likeness (QED) is 0.867. The van der Waals surface area contributed by atoms with Crippen molar-refractivity contribution in [2.24, 2.45) is 0 Å². The van der Waals surface area contributed by atoms with E-state index in [0.717, 1.165) is 12.8 Å². The number of benzene rings is 1. The zero-order valence-corrected chi connectivity index (χ0v) is 11.9. The Bertz CT molecular complexity index is 463. The Hall–Kier alpha value is -0.780. The van der Waals surface area contributed by atoms with Crippen molar-refractivity contribution in [2.75, 3.05) is 13.2 Å². The molecule has 1 aromatic carbocycles. The van der Waals surface area contributed by atoms with Crippen LogP contribution in [0.1, 0.15) is 12.8 Å². The average Bonchev–Trinajstić information content (AvgIpc) is 3.08. The van der Waals surface area contributed by atoms with Gasteiger partial charge in [0.25, 0.3) is 5.91 Å². The Morgan fingerprint density at radius 2 is 2.28 bits per heavy atom. The second-order valence-electron chi connectivity index (χ2n) is 4.35. The Balaban J connectivity index is 1.85. The lowest BCUT2D eigenvalue weighted by Crippen LogP contribution is -2.42. The van der Waals surface area contributed by atoms with Crippen molar-refractivity contribution in [1.29, 1.82) is 0 Å². The topological polar surface area (TPSA) is 58.6 Å². The first-order valence-electron chi connectivity index (χ1n) is 5.54. The van der Waals surface area contributed by atoms with Crippen LogP contribution in [0.2, 0.25) is 5.02 Å². The Morgan fingerprint density at radius 3 is 2.83 bits per heavy atom. The fraction of sp³-hybridized carbons (Fsp3) is 0.417. The third-order valence-corrected chi connectivity index (χ3v) is 3.67. The second-order valence-corrected chi connectivity index (χ2v) is 5.64. The monoisotopic (exact) mass is 333 g/mol. The van der Waals surface area contributed by atoms with E-state index >= 15 is 0 Å². The van der Waals surface area contributed by atoms with E-state index in [1.807, 2.05) is 0 Å². The summed E-state index contributed by atoms with van der Waals surface area (Å²) in [6, 6.07) is 5.08. The van der Waals surface area contributed by atoms with Gasteiger partial charge in [-0.1, -0.05) is 11.6 Å². The summed E-state index contributed by atoms with van der Waals surface area (Å²) >= 11 is 9.10. The van der Waals surface area contributed by atoms with Gasteiger partial charge < -0.3 is 15.2 Å². The molecule has 98 valence electrons. The van der Waals surface area contributed by atoms with E-state index in [1.165, 1.54) is 0 Å². The molecule has 1 aromatic rings. The van der Waals surface area contributed by atoms with E-state index in [1.54, 1.807) is 18.2 Å². The molecular weight excluding hydrogens is 321 g/mol. The molecule has 6 heteroatoms. The predicted octanol–water partition coefficient (Wildman–Crippen LogP) is 2.12. The highest BCUT2D eigenvalue weighted by Crippen LogP contribution is 2.34. The highest BCUT2D eigenvalue weighted by molar-refractivity contribution is 9.10. The van der Waals surface area contributed by atoms with E-state index in [2.05, 4.69) is 21.2 Å². The maximum Gasteiger partial charge on any atom is 0.258 e. The van der Waals surface area contributed by atoms with Crippen molar-refractivity contribution in [3.8, 4) is 5.75 Å². The molecule has 1 aliphatic carbocycles. The molecule has 1 saturated carbocycles. The molecule has 0 spiro atoms. The van der Waals surface area contributed by atoms with Gasteiger partial charge in [-0.3, -0.25) is 4.79 Å². The number of hydrogen-bond donors (Lipinski definition) is 2. The molecule has 18 heavy (non-hydrogen) atoms. The van der Waals surface area contributed by atoms with Gasteiger partial charge >= 0.3 is 0 Å². The SMILES string of the molecule is O=C(COc1ccc(Cl)cc1Br)NC1(CO)CC1. The summed E-state index contributed by atoms with van der Waals surface area (Å²) in [5, 5.41) is 12.4. The minimum Gasteiger partial charge on any atom is -0.483 e. The van der Waals surface area contributed by atoms with Crippen molar-refractivity contribution in [3.05, 3.63) is 27.7 Å². The molecule has 0 heterocycles. The molecule has 4 nitrogen and oxygen atoms in total. The van der Waals surface area contributed by atoms with Crippen LogP contribution in [0.5, 0.6) is 5.75 Å². The first-order chi connectivity index (χ1) is 8.54. The normalized spacial score (nSPS) is 16.2. The van der Waals surface area contributed by atoms with Crippen LogP contribution in [0, 0.1) is 0 Å². The van der Waals surface area contributed by atoms with Gasteiger partial charge in [-0.05, 0) is 47.0 Å². The highest BCUT2D eigenvalue weighted by atomic mass is 79.9. The number of rotatable bonds is 5. The number of aliphatic hydroxyl groups is 1. The van der Waals surface area contributed by atoms with Crippen LogP contribution >= 0.6 is 27.5 Å². The molecule has 0 radical (unpaired) electrons. The standard InChI is InChI=1S/C12H13BrClNO3/c13-9-5-8(14)1-2-10(9)18-6-11(17)15-12(7-16)3-4-12/h1-2,5,16H,3-4,6-7H2,(H,15,17). The van der Waals surface area contributed by atoms with Gasteiger partial charge in [0.15, 0.2) is 6.61 Å². The predicted molar refractivity (Wildman–Crippen MR) is 71.8 cm³/mol. The summed E-state index contributed by atoms with van der Waals surface area (Å²) in [5.74, 6) is 0.326. The number of ether oxygens (including phenoxy) is 1. The van der Waals surface area contributed by atoms with Crippen LogP contribution in [0.3, 0.4) is 0 Å². The largest absolute Gasteiger partial charge is 0.483 e. The number of halogens is 2. The minimum absolute atomic E-state index is 0.0244. The van der Waals surface area contributed by atoms with Crippen molar-refractivity contribution in [1.82, 2.24) is 5.32 Å². The van der Waals surface area contributed by atoms with Crippen LogP contribution in [0.15, 0.2) is 22.7 Å².